The molecule has 0 bridgehead atoms. The maximum absolute atomic E-state index is 13.1. The second kappa shape index (κ2) is 4.35. The first kappa shape index (κ1) is 10.2. The minimum atomic E-state index is -0.361. The van der Waals surface area contributed by atoms with Crippen molar-refractivity contribution in [1.29, 1.82) is 0 Å². The Morgan fingerprint density at radius 3 is 2.69 bits per heavy atom. The molecule has 1 aromatic carbocycles. The number of halogens is 1. The van der Waals surface area contributed by atoms with Gasteiger partial charge in [0.1, 0.15) is 5.82 Å². The predicted octanol–water partition coefficient (Wildman–Crippen LogP) is 1.21. The summed E-state index contributed by atoms with van der Waals surface area (Å²) in [6.45, 7) is 1.61. The molecule has 0 saturated heterocycles. The van der Waals surface area contributed by atoms with E-state index in [1.807, 2.05) is 6.92 Å². The van der Waals surface area contributed by atoms with E-state index in [1.54, 1.807) is 12.1 Å². The lowest BCUT2D eigenvalue weighted by atomic mass is 10.1. The predicted molar refractivity (Wildman–Crippen MR) is 49.7 cm³/mol. The van der Waals surface area contributed by atoms with Crippen LogP contribution in [0.5, 0.6) is 0 Å². The average Bonchev–Trinajstić information content (AvgIpc) is 2.03. The first-order chi connectivity index (χ1) is 6.13. The van der Waals surface area contributed by atoms with Crippen molar-refractivity contribution in [3.05, 3.63) is 35.1 Å². The lowest BCUT2D eigenvalue weighted by Crippen LogP contribution is -2.17. The summed E-state index contributed by atoms with van der Waals surface area (Å²) in [5, 5.41) is 8.73. The molecule has 0 radical (unpaired) electrons. The summed E-state index contributed by atoms with van der Waals surface area (Å²) >= 11 is 0. The molecule has 0 unspecified atom stereocenters. The van der Waals surface area contributed by atoms with E-state index in [9.17, 15) is 4.39 Å². The van der Waals surface area contributed by atoms with E-state index < -0.39 is 0 Å². The van der Waals surface area contributed by atoms with Crippen LogP contribution in [-0.4, -0.2) is 11.1 Å². The number of hydrogen-bond acceptors (Lipinski definition) is 2. The number of nitrogens with two attached hydrogens (primary N) is 1. The monoisotopic (exact) mass is 183 g/mol. The molecule has 0 amide bonds. The smallest absolute Gasteiger partial charge is 0.128 e. The molecule has 0 spiro atoms. The summed E-state index contributed by atoms with van der Waals surface area (Å²) in [6.07, 6.45) is 0.655. The summed E-state index contributed by atoms with van der Waals surface area (Å²) < 4.78 is 13.1. The number of aliphatic hydroxyl groups excluding tert-OH is 1. The van der Waals surface area contributed by atoms with Gasteiger partial charge >= 0.3 is 0 Å². The third-order valence-corrected chi connectivity index (χ3v) is 1.85. The zero-order valence-corrected chi connectivity index (χ0v) is 7.63. The molecule has 0 aliphatic heterocycles. The lowest BCUT2D eigenvalue weighted by molar-refractivity contribution is 0.275. The van der Waals surface area contributed by atoms with Gasteiger partial charge in [0.25, 0.3) is 0 Å². The van der Waals surface area contributed by atoms with Crippen LogP contribution >= 0.6 is 0 Å². The van der Waals surface area contributed by atoms with Crippen LogP contribution in [0.25, 0.3) is 0 Å². The molecule has 3 N–H and O–H groups in total. The molecule has 0 aliphatic carbocycles. The highest BCUT2D eigenvalue weighted by atomic mass is 19.1. The third kappa shape index (κ3) is 2.79. The van der Waals surface area contributed by atoms with Gasteiger partial charge in [-0.05, 0) is 25.0 Å². The van der Waals surface area contributed by atoms with Gasteiger partial charge in [0.2, 0.25) is 0 Å². The SMILES string of the molecule is C[C@H](N)Cc1ccc(CO)c(F)c1. The molecule has 1 atom stereocenters. The second-order valence-electron chi connectivity index (χ2n) is 3.27. The molecule has 1 rings (SSSR count). The number of hydrogen-bond donors (Lipinski definition) is 2. The largest absolute Gasteiger partial charge is 0.392 e. The summed E-state index contributed by atoms with van der Waals surface area (Å²) in [7, 11) is 0. The molecule has 0 heterocycles. The molecular formula is C10H14FNO. The van der Waals surface area contributed by atoms with Gasteiger partial charge in [-0.25, -0.2) is 4.39 Å². The fraction of sp³-hybridized carbons (Fsp3) is 0.400. The van der Waals surface area contributed by atoms with E-state index >= 15 is 0 Å². The van der Waals surface area contributed by atoms with Crippen LogP contribution in [0.3, 0.4) is 0 Å². The minimum Gasteiger partial charge on any atom is -0.392 e. The highest BCUT2D eigenvalue weighted by Crippen LogP contribution is 2.11. The Morgan fingerprint density at radius 2 is 2.23 bits per heavy atom. The third-order valence-electron chi connectivity index (χ3n) is 1.85. The van der Waals surface area contributed by atoms with Gasteiger partial charge in [-0.3, -0.25) is 0 Å². The standard InChI is InChI=1S/C10H14FNO/c1-7(12)4-8-2-3-9(6-13)10(11)5-8/h2-3,5,7,13H,4,6,12H2,1H3/t7-/m0/s1. The van der Waals surface area contributed by atoms with Crippen LogP contribution < -0.4 is 5.73 Å². The highest BCUT2D eigenvalue weighted by Gasteiger charge is 2.03. The van der Waals surface area contributed by atoms with Crippen molar-refractivity contribution in [2.75, 3.05) is 0 Å². The molecule has 0 saturated carbocycles. The maximum atomic E-state index is 13.1. The Labute approximate surface area is 77.2 Å². The zero-order valence-electron chi connectivity index (χ0n) is 7.63. The molecule has 0 aliphatic rings. The molecule has 0 fully saturated rings. The van der Waals surface area contributed by atoms with Gasteiger partial charge < -0.3 is 10.8 Å². The first-order valence-corrected chi connectivity index (χ1v) is 4.27. The normalized spacial score (nSPS) is 12.9. The Morgan fingerprint density at radius 1 is 1.54 bits per heavy atom. The van der Waals surface area contributed by atoms with E-state index in [0.717, 1.165) is 5.56 Å². The minimum absolute atomic E-state index is 0.0272. The van der Waals surface area contributed by atoms with Gasteiger partial charge in [-0.1, -0.05) is 12.1 Å². The van der Waals surface area contributed by atoms with Gasteiger partial charge in [0, 0.05) is 11.6 Å². The van der Waals surface area contributed by atoms with Gasteiger partial charge in [0.15, 0.2) is 0 Å². The highest BCUT2D eigenvalue weighted by molar-refractivity contribution is 5.24. The summed E-state index contributed by atoms with van der Waals surface area (Å²) in [5.41, 5.74) is 6.77. The fourth-order valence-electron chi connectivity index (χ4n) is 1.22. The molecule has 0 aromatic heterocycles. The Bertz CT molecular complexity index is 286. The Hall–Kier alpha value is -0.930. The Balaban J connectivity index is 2.83. The van der Waals surface area contributed by atoms with Crippen LogP contribution in [0.15, 0.2) is 18.2 Å². The van der Waals surface area contributed by atoms with Crippen molar-refractivity contribution < 1.29 is 9.50 Å². The van der Waals surface area contributed by atoms with Crippen LogP contribution in [0.4, 0.5) is 4.39 Å². The van der Waals surface area contributed by atoms with Gasteiger partial charge in [-0.15, -0.1) is 0 Å². The molecule has 13 heavy (non-hydrogen) atoms. The van der Waals surface area contributed by atoms with Crippen molar-refractivity contribution in [2.24, 2.45) is 5.73 Å². The second-order valence-corrected chi connectivity index (χ2v) is 3.27. The lowest BCUT2D eigenvalue weighted by Gasteiger charge is -2.06. The molecule has 3 heteroatoms. The van der Waals surface area contributed by atoms with E-state index in [-0.39, 0.29) is 18.5 Å². The molecular weight excluding hydrogens is 169 g/mol. The van der Waals surface area contributed by atoms with Crippen LogP contribution in [0.1, 0.15) is 18.1 Å². The first-order valence-electron chi connectivity index (χ1n) is 4.27. The van der Waals surface area contributed by atoms with Crippen molar-refractivity contribution in [3.8, 4) is 0 Å². The summed E-state index contributed by atoms with van der Waals surface area (Å²) in [5.74, 6) is -0.361. The topological polar surface area (TPSA) is 46.2 Å². The quantitative estimate of drug-likeness (QED) is 0.739. The van der Waals surface area contributed by atoms with Crippen molar-refractivity contribution in [1.82, 2.24) is 0 Å². The van der Waals surface area contributed by atoms with Crippen LogP contribution in [0.2, 0.25) is 0 Å². The van der Waals surface area contributed by atoms with E-state index in [1.165, 1.54) is 6.07 Å². The molecule has 1 aromatic rings. The van der Waals surface area contributed by atoms with Crippen LogP contribution in [-0.2, 0) is 13.0 Å². The van der Waals surface area contributed by atoms with Gasteiger partial charge in [-0.2, -0.15) is 0 Å². The van der Waals surface area contributed by atoms with E-state index in [0.29, 0.717) is 12.0 Å². The van der Waals surface area contributed by atoms with Gasteiger partial charge in [0.05, 0.1) is 6.61 Å². The average molecular weight is 183 g/mol. The fourth-order valence-corrected chi connectivity index (χ4v) is 1.22. The zero-order chi connectivity index (χ0) is 9.84. The molecule has 2 nitrogen and oxygen atoms in total. The number of aliphatic hydroxyl groups is 1. The maximum Gasteiger partial charge on any atom is 0.128 e. The molecule has 72 valence electrons. The van der Waals surface area contributed by atoms with Crippen molar-refractivity contribution >= 4 is 0 Å². The Kier molecular flexibility index (Phi) is 3.39. The summed E-state index contributed by atoms with van der Waals surface area (Å²) in [4.78, 5) is 0. The summed E-state index contributed by atoms with van der Waals surface area (Å²) in [6, 6.07) is 4.83. The van der Waals surface area contributed by atoms with Crippen molar-refractivity contribution in [2.45, 2.75) is 26.0 Å². The number of benzene rings is 1. The van der Waals surface area contributed by atoms with E-state index in [4.69, 9.17) is 10.8 Å². The van der Waals surface area contributed by atoms with Crippen molar-refractivity contribution in [3.63, 3.8) is 0 Å². The van der Waals surface area contributed by atoms with E-state index in [2.05, 4.69) is 0 Å². The number of rotatable bonds is 3. The van der Waals surface area contributed by atoms with Crippen LogP contribution in [0, 0.1) is 5.82 Å².